The summed E-state index contributed by atoms with van der Waals surface area (Å²) in [6, 6.07) is 3.45. The standard InChI is InChI=1S/C17H23F2N3/c1-11(14-7-6-13(18)8-15(14)19)21-16(17(2,3)4)12-9-20-22(5)10-12/h6-11,16,21H,1-5H3/t11-,16+/m1/s1. The average Bonchev–Trinajstić information content (AvgIpc) is 2.80. The highest BCUT2D eigenvalue weighted by Gasteiger charge is 2.29. The molecular formula is C17H23F2N3. The van der Waals surface area contributed by atoms with E-state index in [1.165, 1.54) is 12.1 Å². The van der Waals surface area contributed by atoms with Crippen LogP contribution in [0.5, 0.6) is 0 Å². The van der Waals surface area contributed by atoms with Crippen molar-refractivity contribution in [3.05, 3.63) is 53.4 Å². The first-order valence-electron chi connectivity index (χ1n) is 7.38. The van der Waals surface area contributed by atoms with Crippen molar-refractivity contribution in [1.82, 2.24) is 15.1 Å². The smallest absolute Gasteiger partial charge is 0.130 e. The van der Waals surface area contributed by atoms with Gasteiger partial charge in [-0.25, -0.2) is 8.78 Å². The Morgan fingerprint density at radius 1 is 1.23 bits per heavy atom. The Kier molecular flexibility index (Phi) is 4.66. The number of aryl methyl sites for hydroxylation is 1. The van der Waals surface area contributed by atoms with Gasteiger partial charge >= 0.3 is 0 Å². The van der Waals surface area contributed by atoms with Gasteiger partial charge in [-0.05, 0) is 18.4 Å². The van der Waals surface area contributed by atoms with Crippen LogP contribution in [0.2, 0.25) is 0 Å². The minimum atomic E-state index is -0.562. The second-order valence-electron chi connectivity index (χ2n) is 6.80. The maximum atomic E-state index is 14.0. The van der Waals surface area contributed by atoms with Crippen molar-refractivity contribution < 1.29 is 8.78 Å². The number of rotatable bonds is 4. The third kappa shape index (κ3) is 3.71. The van der Waals surface area contributed by atoms with Crippen LogP contribution in [0.3, 0.4) is 0 Å². The van der Waals surface area contributed by atoms with E-state index in [1.807, 2.05) is 26.4 Å². The van der Waals surface area contributed by atoms with Gasteiger partial charge in [-0.1, -0.05) is 26.8 Å². The second-order valence-corrected chi connectivity index (χ2v) is 6.80. The molecule has 0 aliphatic heterocycles. The first-order chi connectivity index (χ1) is 10.2. The molecule has 0 aliphatic carbocycles. The van der Waals surface area contributed by atoms with Gasteiger partial charge in [0.1, 0.15) is 11.6 Å². The highest BCUT2D eigenvalue weighted by molar-refractivity contribution is 5.23. The molecule has 0 fully saturated rings. The third-order valence-electron chi connectivity index (χ3n) is 3.77. The number of nitrogens with one attached hydrogen (secondary N) is 1. The summed E-state index contributed by atoms with van der Waals surface area (Å²) in [7, 11) is 1.87. The minimum Gasteiger partial charge on any atom is -0.303 e. The van der Waals surface area contributed by atoms with E-state index in [-0.39, 0.29) is 17.5 Å². The molecule has 0 saturated heterocycles. The molecule has 0 saturated carbocycles. The molecule has 3 nitrogen and oxygen atoms in total. The Bertz CT molecular complexity index is 644. The Hall–Kier alpha value is -1.75. The molecule has 0 amide bonds. The Labute approximate surface area is 130 Å². The monoisotopic (exact) mass is 307 g/mol. The molecule has 0 bridgehead atoms. The van der Waals surface area contributed by atoms with Gasteiger partial charge in [0, 0.05) is 42.5 Å². The predicted molar refractivity (Wildman–Crippen MR) is 83.3 cm³/mol. The van der Waals surface area contributed by atoms with Gasteiger partial charge in [0.05, 0.1) is 6.20 Å². The fourth-order valence-corrected chi connectivity index (χ4v) is 2.63. The van der Waals surface area contributed by atoms with Crippen LogP contribution in [0.25, 0.3) is 0 Å². The Balaban J connectivity index is 2.27. The number of aromatic nitrogens is 2. The Morgan fingerprint density at radius 3 is 2.41 bits per heavy atom. The molecule has 5 heteroatoms. The van der Waals surface area contributed by atoms with E-state index < -0.39 is 11.6 Å². The minimum absolute atomic E-state index is 0.000605. The van der Waals surface area contributed by atoms with Gasteiger partial charge in [0.15, 0.2) is 0 Å². The molecular weight excluding hydrogens is 284 g/mol. The second kappa shape index (κ2) is 6.16. The number of halogens is 2. The molecule has 120 valence electrons. The lowest BCUT2D eigenvalue weighted by molar-refractivity contribution is 0.252. The van der Waals surface area contributed by atoms with Gasteiger partial charge in [-0.3, -0.25) is 4.68 Å². The molecule has 0 unspecified atom stereocenters. The molecule has 0 radical (unpaired) electrons. The fraction of sp³-hybridized carbons (Fsp3) is 0.471. The van der Waals surface area contributed by atoms with Gasteiger partial charge in [0.25, 0.3) is 0 Å². The van der Waals surface area contributed by atoms with Crippen LogP contribution in [0, 0.1) is 17.0 Å². The number of benzene rings is 1. The van der Waals surface area contributed by atoms with E-state index in [0.717, 1.165) is 11.6 Å². The largest absolute Gasteiger partial charge is 0.303 e. The normalized spacial score (nSPS) is 14.9. The molecule has 0 aliphatic rings. The SMILES string of the molecule is C[C@@H](N[C@@H](c1cnn(C)c1)C(C)(C)C)c1ccc(F)cc1F. The number of hydrogen-bond donors (Lipinski definition) is 1. The lowest BCUT2D eigenvalue weighted by Crippen LogP contribution is -2.34. The van der Waals surface area contributed by atoms with Gasteiger partial charge in [0.2, 0.25) is 0 Å². The number of nitrogens with zero attached hydrogens (tertiary/aromatic N) is 2. The van der Waals surface area contributed by atoms with Gasteiger partial charge in [-0.15, -0.1) is 0 Å². The van der Waals surface area contributed by atoms with Crippen LogP contribution >= 0.6 is 0 Å². The quantitative estimate of drug-likeness (QED) is 0.920. The molecule has 1 aromatic carbocycles. The third-order valence-corrected chi connectivity index (χ3v) is 3.77. The van der Waals surface area contributed by atoms with Crippen molar-refractivity contribution in [1.29, 1.82) is 0 Å². The zero-order valence-corrected chi connectivity index (χ0v) is 13.7. The highest BCUT2D eigenvalue weighted by atomic mass is 19.1. The van der Waals surface area contributed by atoms with Crippen molar-refractivity contribution in [3.8, 4) is 0 Å². The topological polar surface area (TPSA) is 29.9 Å². The van der Waals surface area contributed by atoms with E-state index >= 15 is 0 Å². The van der Waals surface area contributed by atoms with Crippen LogP contribution in [0.1, 0.15) is 50.9 Å². The zero-order valence-electron chi connectivity index (χ0n) is 13.7. The van der Waals surface area contributed by atoms with E-state index in [0.29, 0.717) is 5.56 Å². The summed E-state index contributed by atoms with van der Waals surface area (Å²) in [6.45, 7) is 8.23. The van der Waals surface area contributed by atoms with Gasteiger partial charge in [-0.2, -0.15) is 5.10 Å². The van der Waals surface area contributed by atoms with Crippen molar-refractivity contribution >= 4 is 0 Å². The lowest BCUT2D eigenvalue weighted by Gasteiger charge is -2.33. The maximum Gasteiger partial charge on any atom is 0.130 e. The molecule has 1 N–H and O–H groups in total. The summed E-state index contributed by atoms with van der Waals surface area (Å²) in [4.78, 5) is 0. The van der Waals surface area contributed by atoms with Gasteiger partial charge < -0.3 is 5.32 Å². The van der Waals surface area contributed by atoms with Crippen molar-refractivity contribution in [2.24, 2.45) is 12.5 Å². The molecule has 1 heterocycles. The summed E-state index contributed by atoms with van der Waals surface area (Å²) >= 11 is 0. The first kappa shape index (κ1) is 16.6. The van der Waals surface area contributed by atoms with E-state index in [2.05, 4.69) is 31.2 Å². The van der Waals surface area contributed by atoms with Crippen molar-refractivity contribution in [2.45, 2.75) is 39.8 Å². The molecule has 0 spiro atoms. The van der Waals surface area contributed by atoms with Crippen molar-refractivity contribution in [3.63, 3.8) is 0 Å². The van der Waals surface area contributed by atoms with Crippen molar-refractivity contribution in [2.75, 3.05) is 0 Å². The van der Waals surface area contributed by atoms with E-state index in [4.69, 9.17) is 0 Å². The highest BCUT2D eigenvalue weighted by Crippen LogP contribution is 2.35. The summed E-state index contributed by atoms with van der Waals surface area (Å²) < 4.78 is 28.8. The maximum absolute atomic E-state index is 14.0. The molecule has 2 rings (SSSR count). The summed E-state index contributed by atoms with van der Waals surface area (Å²) in [6.07, 6.45) is 3.77. The average molecular weight is 307 g/mol. The Morgan fingerprint density at radius 2 is 1.91 bits per heavy atom. The molecule has 2 atom stereocenters. The van der Waals surface area contributed by atoms with Crippen LogP contribution in [0.15, 0.2) is 30.6 Å². The van der Waals surface area contributed by atoms with Crippen LogP contribution in [-0.2, 0) is 7.05 Å². The van der Waals surface area contributed by atoms with Crippen LogP contribution in [-0.4, -0.2) is 9.78 Å². The number of hydrogen-bond acceptors (Lipinski definition) is 2. The molecule has 1 aromatic heterocycles. The van der Waals surface area contributed by atoms with E-state index in [9.17, 15) is 8.78 Å². The molecule has 2 aromatic rings. The lowest BCUT2D eigenvalue weighted by atomic mass is 9.82. The summed E-state index contributed by atoms with van der Waals surface area (Å²) in [5.41, 5.74) is 1.43. The van der Waals surface area contributed by atoms with Crippen LogP contribution < -0.4 is 5.32 Å². The predicted octanol–water partition coefficient (Wildman–Crippen LogP) is 4.14. The zero-order chi connectivity index (χ0) is 16.5. The molecule has 22 heavy (non-hydrogen) atoms. The fourth-order valence-electron chi connectivity index (χ4n) is 2.63. The first-order valence-corrected chi connectivity index (χ1v) is 7.38. The summed E-state index contributed by atoms with van der Waals surface area (Å²) in [5.74, 6) is -1.09. The van der Waals surface area contributed by atoms with Crippen LogP contribution in [0.4, 0.5) is 8.78 Å². The van der Waals surface area contributed by atoms with E-state index in [1.54, 1.807) is 4.68 Å². The summed E-state index contributed by atoms with van der Waals surface area (Å²) in [5, 5.41) is 7.66.